The molecule has 1 amide bonds. The summed E-state index contributed by atoms with van der Waals surface area (Å²) in [5, 5.41) is 15.6. The molecule has 98 valence electrons. The van der Waals surface area contributed by atoms with Gasteiger partial charge in [-0.2, -0.15) is 0 Å². The fraction of sp³-hybridized carbons (Fsp3) is 0.500. The molecule has 3 N–H and O–H groups in total. The van der Waals surface area contributed by atoms with Gasteiger partial charge in [0, 0.05) is 17.8 Å². The second kappa shape index (κ2) is 5.87. The van der Waals surface area contributed by atoms with Crippen molar-refractivity contribution in [3.63, 3.8) is 0 Å². The molecule has 0 atom stereocenters. The van der Waals surface area contributed by atoms with Crippen molar-refractivity contribution in [2.45, 2.75) is 38.6 Å². The number of hydrogen-bond donors (Lipinski definition) is 3. The summed E-state index contributed by atoms with van der Waals surface area (Å²) in [5.41, 5.74) is 1.44. The summed E-state index contributed by atoms with van der Waals surface area (Å²) in [5.74, 6) is 0.140. The smallest absolute Gasteiger partial charge is 0.238 e. The van der Waals surface area contributed by atoms with E-state index >= 15 is 0 Å². The number of benzene rings is 1. The third kappa shape index (κ3) is 3.47. The van der Waals surface area contributed by atoms with Crippen molar-refractivity contribution in [2.24, 2.45) is 0 Å². The topological polar surface area (TPSA) is 61.4 Å². The lowest BCUT2D eigenvalue weighted by Gasteiger charge is -2.12. The van der Waals surface area contributed by atoms with Gasteiger partial charge in [0.1, 0.15) is 5.75 Å². The molecule has 1 aromatic rings. The van der Waals surface area contributed by atoms with E-state index in [-0.39, 0.29) is 11.7 Å². The van der Waals surface area contributed by atoms with E-state index in [2.05, 4.69) is 10.6 Å². The molecular weight excluding hydrogens is 228 g/mol. The van der Waals surface area contributed by atoms with E-state index in [9.17, 15) is 9.90 Å². The minimum Gasteiger partial charge on any atom is -0.508 e. The summed E-state index contributed by atoms with van der Waals surface area (Å²) in [4.78, 5) is 11.7. The maximum atomic E-state index is 11.7. The highest BCUT2D eigenvalue weighted by Crippen LogP contribution is 2.21. The van der Waals surface area contributed by atoms with Gasteiger partial charge in [-0.05, 0) is 31.4 Å². The third-order valence-corrected chi connectivity index (χ3v) is 3.40. The van der Waals surface area contributed by atoms with Crippen LogP contribution in [-0.2, 0) is 4.79 Å². The van der Waals surface area contributed by atoms with Crippen LogP contribution in [0.3, 0.4) is 0 Å². The molecular formula is C14H20N2O2. The molecule has 0 saturated heterocycles. The first kappa shape index (κ1) is 12.9. The van der Waals surface area contributed by atoms with Crippen LogP contribution in [0.4, 0.5) is 5.69 Å². The minimum absolute atomic E-state index is 0.0647. The van der Waals surface area contributed by atoms with Gasteiger partial charge in [-0.3, -0.25) is 4.79 Å². The van der Waals surface area contributed by atoms with E-state index in [1.54, 1.807) is 18.2 Å². The van der Waals surface area contributed by atoms with Gasteiger partial charge in [0.05, 0.1) is 6.54 Å². The summed E-state index contributed by atoms with van der Waals surface area (Å²) < 4.78 is 0. The Morgan fingerprint density at radius 3 is 2.78 bits per heavy atom. The summed E-state index contributed by atoms with van der Waals surface area (Å²) >= 11 is 0. The number of anilines is 1. The molecule has 1 aliphatic rings. The van der Waals surface area contributed by atoms with E-state index in [1.165, 1.54) is 25.7 Å². The monoisotopic (exact) mass is 248 g/mol. The first-order chi connectivity index (χ1) is 8.65. The number of aryl methyl sites for hydroxylation is 1. The lowest BCUT2D eigenvalue weighted by atomic mass is 10.2. The van der Waals surface area contributed by atoms with Crippen LogP contribution in [0.1, 0.15) is 31.2 Å². The van der Waals surface area contributed by atoms with Gasteiger partial charge < -0.3 is 15.7 Å². The summed E-state index contributed by atoms with van der Waals surface area (Å²) in [6.45, 7) is 2.15. The molecule has 0 heterocycles. The zero-order chi connectivity index (χ0) is 13.0. The summed E-state index contributed by atoms with van der Waals surface area (Å²) in [6, 6.07) is 5.64. The van der Waals surface area contributed by atoms with Crippen molar-refractivity contribution in [2.75, 3.05) is 11.9 Å². The Kier molecular flexibility index (Phi) is 4.20. The van der Waals surface area contributed by atoms with Gasteiger partial charge in [-0.25, -0.2) is 0 Å². The van der Waals surface area contributed by atoms with Crippen molar-refractivity contribution >= 4 is 11.6 Å². The van der Waals surface area contributed by atoms with Crippen LogP contribution >= 0.6 is 0 Å². The minimum atomic E-state index is -0.0647. The average Bonchev–Trinajstić information content (AvgIpc) is 2.84. The third-order valence-electron chi connectivity index (χ3n) is 3.40. The molecule has 0 spiro atoms. The molecule has 0 aliphatic heterocycles. The summed E-state index contributed by atoms with van der Waals surface area (Å²) in [7, 11) is 0. The van der Waals surface area contributed by atoms with Gasteiger partial charge in [-0.15, -0.1) is 0 Å². The number of amides is 1. The van der Waals surface area contributed by atoms with Crippen LogP contribution in [-0.4, -0.2) is 23.6 Å². The number of rotatable bonds is 4. The van der Waals surface area contributed by atoms with Crippen LogP contribution in [0.2, 0.25) is 0 Å². The predicted molar refractivity (Wildman–Crippen MR) is 71.7 cm³/mol. The molecule has 1 aliphatic carbocycles. The number of carbonyl (C=O) groups excluding carboxylic acids is 1. The standard InChI is InChI=1S/C14H20N2O2/c1-10-6-7-12(8-13(10)17)16-14(18)9-15-11-4-2-3-5-11/h6-8,11,15,17H,2-5,9H2,1H3,(H,16,18). The molecule has 2 rings (SSSR count). The van der Waals surface area contributed by atoms with E-state index in [4.69, 9.17) is 0 Å². The number of carbonyl (C=O) groups is 1. The van der Waals surface area contributed by atoms with Gasteiger partial charge in [0.25, 0.3) is 0 Å². The number of phenolic OH excluding ortho intramolecular Hbond substituents is 1. The van der Waals surface area contributed by atoms with E-state index in [0.29, 0.717) is 18.3 Å². The second-order valence-electron chi connectivity index (χ2n) is 4.91. The second-order valence-corrected chi connectivity index (χ2v) is 4.91. The molecule has 18 heavy (non-hydrogen) atoms. The van der Waals surface area contributed by atoms with Crippen LogP contribution in [0.15, 0.2) is 18.2 Å². The number of nitrogens with one attached hydrogen (secondary N) is 2. The fourth-order valence-corrected chi connectivity index (χ4v) is 2.26. The van der Waals surface area contributed by atoms with Crippen molar-refractivity contribution in [3.8, 4) is 5.75 Å². The highest BCUT2D eigenvalue weighted by molar-refractivity contribution is 5.92. The van der Waals surface area contributed by atoms with E-state index < -0.39 is 0 Å². The molecule has 1 fully saturated rings. The molecule has 1 aromatic carbocycles. The van der Waals surface area contributed by atoms with Crippen LogP contribution in [0, 0.1) is 6.92 Å². The highest BCUT2D eigenvalue weighted by Gasteiger charge is 2.15. The fourth-order valence-electron chi connectivity index (χ4n) is 2.26. The quantitative estimate of drug-likeness (QED) is 0.765. The van der Waals surface area contributed by atoms with Crippen molar-refractivity contribution in [3.05, 3.63) is 23.8 Å². The Morgan fingerprint density at radius 1 is 1.39 bits per heavy atom. The lowest BCUT2D eigenvalue weighted by Crippen LogP contribution is -2.34. The zero-order valence-corrected chi connectivity index (χ0v) is 10.7. The Hall–Kier alpha value is -1.55. The van der Waals surface area contributed by atoms with Gasteiger partial charge in [0.2, 0.25) is 5.91 Å². The van der Waals surface area contributed by atoms with Gasteiger partial charge in [-0.1, -0.05) is 18.9 Å². The number of aromatic hydroxyl groups is 1. The maximum Gasteiger partial charge on any atom is 0.238 e. The van der Waals surface area contributed by atoms with Crippen LogP contribution in [0.5, 0.6) is 5.75 Å². The Bertz CT molecular complexity index is 426. The van der Waals surface area contributed by atoms with Crippen molar-refractivity contribution < 1.29 is 9.90 Å². The molecule has 0 aromatic heterocycles. The van der Waals surface area contributed by atoms with E-state index in [1.807, 2.05) is 6.92 Å². The Morgan fingerprint density at radius 2 is 2.11 bits per heavy atom. The molecule has 4 nitrogen and oxygen atoms in total. The van der Waals surface area contributed by atoms with Gasteiger partial charge in [0.15, 0.2) is 0 Å². The largest absolute Gasteiger partial charge is 0.508 e. The first-order valence-electron chi connectivity index (χ1n) is 6.48. The van der Waals surface area contributed by atoms with Crippen LogP contribution in [0.25, 0.3) is 0 Å². The number of phenols is 1. The molecule has 0 radical (unpaired) electrons. The molecule has 4 heteroatoms. The zero-order valence-electron chi connectivity index (χ0n) is 10.7. The highest BCUT2D eigenvalue weighted by atomic mass is 16.3. The molecule has 0 unspecified atom stereocenters. The van der Waals surface area contributed by atoms with Crippen LogP contribution < -0.4 is 10.6 Å². The lowest BCUT2D eigenvalue weighted by molar-refractivity contribution is -0.115. The van der Waals surface area contributed by atoms with E-state index in [0.717, 1.165) is 5.56 Å². The molecule has 1 saturated carbocycles. The SMILES string of the molecule is Cc1ccc(NC(=O)CNC2CCCC2)cc1O. The first-order valence-corrected chi connectivity index (χ1v) is 6.48. The maximum absolute atomic E-state index is 11.7. The average molecular weight is 248 g/mol. The Balaban J connectivity index is 1.80. The molecule has 0 bridgehead atoms. The summed E-state index contributed by atoms with van der Waals surface area (Å²) in [6.07, 6.45) is 4.84. The van der Waals surface area contributed by atoms with Crippen molar-refractivity contribution in [1.82, 2.24) is 5.32 Å². The normalized spacial score (nSPS) is 15.8. The van der Waals surface area contributed by atoms with Gasteiger partial charge >= 0.3 is 0 Å². The number of hydrogen-bond acceptors (Lipinski definition) is 3. The van der Waals surface area contributed by atoms with Crippen molar-refractivity contribution in [1.29, 1.82) is 0 Å². The Labute approximate surface area is 107 Å². The predicted octanol–water partition coefficient (Wildman–Crippen LogP) is 2.17.